The van der Waals surface area contributed by atoms with Crippen LogP contribution in [0.3, 0.4) is 0 Å². The molecular weight excluding hydrogens is 390 g/mol. The highest BCUT2D eigenvalue weighted by Gasteiger charge is 2.33. The van der Waals surface area contributed by atoms with Gasteiger partial charge < -0.3 is 20.7 Å². The molecule has 1 aliphatic heterocycles. The Balaban J connectivity index is 1.60. The Labute approximate surface area is 184 Å². The van der Waals surface area contributed by atoms with Gasteiger partial charge in [-0.1, -0.05) is 37.5 Å². The smallest absolute Gasteiger partial charge is 0.282 e. The average Bonchev–Trinajstić information content (AvgIpc) is 2.78. The van der Waals surface area contributed by atoms with Crippen molar-refractivity contribution in [3.8, 4) is 0 Å². The second kappa shape index (κ2) is 9.75. The van der Waals surface area contributed by atoms with Crippen molar-refractivity contribution in [3.05, 3.63) is 35.9 Å². The van der Waals surface area contributed by atoms with E-state index in [4.69, 9.17) is 15.5 Å². The van der Waals surface area contributed by atoms with Gasteiger partial charge in [-0.2, -0.15) is 4.99 Å². The van der Waals surface area contributed by atoms with Gasteiger partial charge in [-0.05, 0) is 38.3 Å². The number of aromatic nitrogens is 1. The molecule has 7 heteroatoms. The summed E-state index contributed by atoms with van der Waals surface area (Å²) in [5, 5.41) is 4.76. The largest absolute Gasteiger partial charge is 0.387 e. The maximum atomic E-state index is 12.9. The number of amidine groups is 1. The highest BCUT2D eigenvalue weighted by atomic mass is 16.5. The standard InChI is InChI=1S/C24H33N5O2/c1-16(25)26-24(30)19-14-17-8-6-7-11-20(17)28-23(19)29-13-12-21(22(15-29)31-2)27-18-9-4-3-5-10-18/h6-8,11,14,18,21-22,27H,3-5,9-10,12-13,15H2,1-2H3,(H2,25,26,30). The molecule has 2 unspecified atom stereocenters. The van der Waals surface area contributed by atoms with Crippen LogP contribution in [0.2, 0.25) is 0 Å². The zero-order chi connectivity index (χ0) is 21.8. The van der Waals surface area contributed by atoms with Crippen LogP contribution in [0.5, 0.6) is 0 Å². The molecule has 31 heavy (non-hydrogen) atoms. The van der Waals surface area contributed by atoms with Gasteiger partial charge in [-0.3, -0.25) is 4.79 Å². The lowest BCUT2D eigenvalue weighted by molar-refractivity contribution is 0.0533. The number of fused-ring (bicyclic) bond motifs is 1. The van der Waals surface area contributed by atoms with Crippen molar-refractivity contribution < 1.29 is 9.53 Å². The van der Waals surface area contributed by atoms with Crippen molar-refractivity contribution >= 4 is 28.5 Å². The molecule has 7 nitrogen and oxygen atoms in total. The molecule has 2 fully saturated rings. The number of carbonyl (C=O) groups is 1. The van der Waals surface area contributed by atoms with Crippen LogP contribution in [-0.2, 0) is 4.74 Å². The Morgan fingerprint density at radius 1 is 1.23 bits per heavy atom. The van der Waals surface area contributed by atoms with E-state index in [1.54, 1.807) is 14.0 Å². The molecule has 1 saturated carbocycles. The first kappa shape index (κ1) is 21.7. The third kappa shape index (κ3) is 5.05. The lowest BCUT2D eigenvalue weighted by Crippen LogP contribution is -2.56. The molecule has 166 valence electrons. The molecule has 4 rings (SSSR count). The Bertz CT molecular complexity index is 950. The molecule has 2 aliphatic rings. The number of para-hydroxylation sites is 1. The summed E-state index contributed by atoms with van der Waals surface area (Å²) >= 11 is 0. The van der Waals surface area contributed by atoms with Gasteiger partial charge >= 0.3 is 0 Å². The first-order valence-electron chi connectivity index (χ1n) is 11.3. The second-order valence-electron chi connectivity index (χ2n) is 8.73. The molecule has 0 spiro atoms. The summed E-state index contributed by atoms with van der Waals surface area (Å²) < 4.78 is 5.89. The lowest BCUT2D eigenvalue weighted by atomic mass is 9.92. The lowest BCUT2D eigenvalue weighted by Gasteiger charge is -2.41. The van der Waals surface area contributed by atoms with E-state index in [0.29, 0.717) is 30.0 Å². The number of ether oxygens (including phenoxy) is 1. The van der Waals surface area contributed by atoms with Gasteiger partial charge in [0.15, 0.2) is 0 Å². The van der Waals surface area contributed by atoms with Crippen molar-refractivity contribution in [3.63, 3.8) is 0 Å². The fraction of sp³-hybridized carbons (Fsp3) is 0.542. The quantitative estimate of drug-likeness (QED) is 0.566. The highest BCUT2D eigenvalue weighted by Crippen LogP contribution is 2.28. The molecule has 1 aliphatic carbocycles. The first-order valence-corrected chi connectivity index (χ1v) is 11.3. The van der Waals surface area contributed by atoms with E-state index in [1.807, 2.05) is 30.3 Å². The Morgan fingerprint density at radius 2 is 2.00 bits per heavy atom. The third-order valence-electron chi connectivity index (χ3n) is 6.43. The van der Waals surface area contributed by atoms with Crippen molar-refractivity contribution in [1.82, 2.24) is 10.3 Å². The summed E-state index contributed by atoms with van der Waals surface area (Å²) in [4.78, 5) is 23.9. The molecule has 2 atom stereocenters. The summed E-state index contributed by atoms with van der Waals surface area (Å²) in [5.41, 5.74) is 7.03. The molecule has 2 heterocycles. The van der Waals surface area contributed by atoms with Gasteiger partial charge in [-0.15, -0.1) is 0 Å². The number of nitrogens with zero attached hydrogens (tertiary/aromatic N) is 3. The van der Waals surface area contributed by atoms with E-state index >= 15 is 0 Å². The van der Waals surface area contributed by atoms with E-state index in [9.17, 15) is 4.79 Å². The van der Waals surface area contributed by atoms with E-state index in [1.165, 1.54) is 32.1 Å². The van der Waals surface area contributed by atoms with E-state index < -0.39 is 0 Å². The average molecular weight is 424 g/mol. The minimum atomic E-state index is -0.357. The SMILES string of the molecule is COC1CN(c2nc3ccccc3cc2C(=O)N=C(C)N)CCC1NC1CCCCC1. The molecular formula is C24H33N5O2. The van der Waals surface area contributed by atoms with Gasteiger partial charge in [-0.25, -0.2) is 4.98 Å². The Morgan fingerprint density at radius 3 is 2.74 bits per heavy atom. The monoisotopic (exact) mass is 423 g/mol. The normalized spacial score (nSPS) is 23.3. The van der Waals surface area contributed by atoms with Gasteiger partial charge in [0.2, 0.25) is 0 Å². The van der Waals surface area contributed by atoms with Gasteiger partial charge in [0.1, 0.15) is 11.7 Å². The van der Waals surface area contributed by atoms with Crippen LogP contribution >= 0.6 is 0 Å². The minimum absolute atomic E-state index is 0.0339. The topological polar surface area (TPSA) is 92.8 Å². The minimum Gasteiger partial charge on any atom is -0.387 e. The predicted molar refractivity (Wildman–Crippen MR) is 125 cm³/mol. The molecule has 1 aromatic heterocycles. The van der Waals surface area contributed by atoms with Crippen molar-refractivity contribution in [2.75, 3.05) is 25.1 Å². The van der Waals surface area contributed by atoms with Gasteiger partial charge in [0.05, 0.1) is 17.2 Å². The Kier molecular flexibility index (Phi) is 6.83. The number of benzene rings is 1. The van der Waals surface area contributed by atoms with Crippen LogP contribution in [0, 0.1) is 0 Å². The predicted octanol–water partition coefficient (Wildman–Crippen LogP) is 3.27. The van der Waals surface area contributed by atoms with Crippen LogP contribution in [0.1, 0.15) is 55.8 Å². The molecule has 1 saturated heterocycles. The molecule has 0 bridgehead atoms. The van der Waals surface area contributed by atoms with Crippen LogP contribution in [0.25, 0.3) is 10.9 Å². The van der Waals surface area contributed by atoms with E-state index in [2.05, 4.69) is 15.2 Å². The summed E-state index contributed by atoms with van der Waals surface area (Å²) in [5.74, 6) is 0.547. The maximum Gasteiger partial charge on any atom is 0.282 e. The van der Waals surface area contributed by atoms with Crippen LogP contribution in [-0.4, -0.2) is 55.1 Å². The first-order chi connectivity index (χ1) is 15.0. The van der Waals surface area contributed by atoms with Crippen LogP contribution < -0.4 is 16.0 Å². The highest BCUT2D eigenvalue weighted by molar-refractivity contribution is 6.07. The summed E-state index contributed by atoms with van der Waals surface area (Å²) in [6.07, 6.45) is 7.43. The number of nitrogens with two attached hydrogens (primary N) is 1. The maximum absolute atomic E-state index is 12.9. The molecule has 1 aromatic carbocycles. The number of nitrogens with one attached hydrogen (secondary N) is 1. The fourth-order valence-electron chi connectivity index (χ4n) is 4.83. The van der Waals surface area contributed by atoms with Gasteiger partial charge in [0.25, 0.3) is 5.91 Å². The number of hydrogen-bond acceptors (Lipinski definition) is 5. The zero-order valence-electron chi connectivity index (χ0n) is 18.5. The summed E-state index contributed by atoms with van der Waals surface area (Å²) in [6, 6.07) is 10.6. The number of hydrogen-bond donors (Lipinski definition) is 2. The number of methoxy groups -OCH3 is 1. The van der Waals surface area contributed by atoms with E-state index in [0.717, 1.165) is 23.9 Å². The van der Waals surface area contributed by atoms with E-state index in [-0.39, 0.29) is 17.8 Å². The van der Waals surface area contributed by atoms with Crippen molar-refractivity contribution in [2.45, 2.75) is 63.6 Å². The number of piperidine rings is 1. The number of rotatable bonds is 5. The second-order valence-corrected chi connectivity index (χ2v) is 8.73. The van der Waals surface area contributed by atoms with Crippen LogP contribution in [0.15, 0.2) is 35.3 Å². The van der Waals surface area contributed by atoms with Crippen molar-refractivity contribution in [2.24, 2.45) is 10.7 Å². The molecule has 3 N–H and O–H groups in total. The number of amides is 1. The summed E-state index contributed by atoms with van der Waals surface area (Å²) in [6.45, 7) is 3.11. The molecule has 0 radical (unpaired) electrons. The number of anilines is 1. The van der Waals surface area contributed by atoms with Crippen LogP contribution in [0.4, 0.5) is 5.82 Å². The molecule has 1 amide bonds. The number of pyridine rings is 1. The van der Waals surface area contributed by atoms with Crippen molar-refractivity contribution in [1.29, 1.82) is 0 Å². The zero-order valence-corrected chi connectivity index (χ0v) is 18.5. The fourth-order valence-corrected chi connectivity index (χ4v) is 4.83. The third-order valence-corrected chi connectivity index (χ3v) is 6.43. The Hall–Kier alpha value is -2.51. The molecule has 2 aromatic rings. The van der Waals surface area contributed by atoms with Gasteiger partial charge in [0, 0.05) is 37.7 Å². The summed E-state index contributed by atoms with van der Waals surface area (Å²) in [7, 11) is 1.77. The number of carbonyl (C=O) groups excluding carboxylic acids is 1. The number of aliphatic imine (C=N–C) groups is 1.